The molecule has 26 heavy (non-hydrogen) atoms. The Morgan fingerprint density at radius 2 is 2.15 bits per heavy atom. The molecule has 5 nitrogen and oxygen atoms in total. The maximum atomic E-state index is 11.1. The highest BCUT2D eigenvalue weighted by atomic mass is 32.2. The fourth-order valence-electron chi connectivity index (χ4n) is 3.09. The van der Waals surface area contributed by atoms with E-state index in [4.69, 9.17) is 10.2 Å². The third kappa shape index (κ3) is 3.68. The number of nitrogens with zero attached hydrogens (tertiary/aromatic N) is 2. The molecule has 0 saturated carbocycles. The third-order valence-electron chi connectivity index (χ3n) is 4.55. The number of amides is 1. The van der Waals surface area contributed by atoms with Gasteiger partial charge in [-0.25, -0.2) is 0 Å². The molecule has 0 saturated heterocycles. The lowest BCUT2D eigenvalue weighted by atomic mass is 9.90. The Kier molecular flexibility index (Phi) is 4.82. The SMILES string of the molecule is CC1CCc2sc(-c3nnc(SCc4ccc(C(N)=O)cc4)o3)cc2C1. The van der Waals surface area contributed by atoms with Gasteiger partial charge in [-0.3, -0.25) is 4.79 Å². The van der Waals surface area contributed by atoms with Crippen LogP contribution in [0.15, 0.2) is 40.0 Å². The van der Waals surface area contributed by atoms with Crippen LogP contribution in [0.3, 0.4) is 0 Å². The minimum Gasteiger partial charge on any atom is -0.410 e. The summed E-state index contributed by atoms with van der Waals surface area (Å²) in [6.07, 6.45) is 3.55. The highest BCUT2D eigenvalue weighted by molar-refractivity contribution is 7.98. The maximum absolute atomic E-state index is 11.1. The van der Waals surface area contributed by atoms with Crippen molar-refractivity contribution < 1.29 is 9.21 Å². The quantitative estimate of drug-likeness (QED) is 0.662. The molecule has 2 N–H and O–H groups in total. The van der Waals surface area contributed by atoms with Crippen LogP contribution in [0.25, 0.3) is 10.8 Å². The average Bonchev–Trinajstić information content (AvgIpc) is 3.26. The Balaban J connectivity index is 1.42. The van der Waals surface area contributed by atoms with E-state index in [0.717, 1.165) is 29.2 Å². The second kappa shape index (κ2) is 7.25. The Morgan fingerprint density at radius 3 is 2.92 bits per heavy atom. The van der Waals surface area contributed by atoms with Gasteiger partial charge in [0.2, 0.25) is 5.91 Å². The number of carbonyl (C=O) groups is 1. The van der Waals surface area contributed by atoms with E-state index in [1.54, 1.807) is 23.5 Å². The molecule has 134 valence electrons. The minimum atomic E-state index is -0.418. The van der Waals surface area contributed by atoms with E-state index >= 15 is 0 Å². The van der Waals surface area contributed by atoms with Crippen LogP contribution in [0.4, 0.5) is 0 Å². The monoisotopic (exact) mass is 385 g/mol. The summed E-state index contributed by atoms with van der Waals surface area (Å²) in [5.41, 5.74) is 8.27. The Morgan fingerprint density at radius 1 is 1.35 bits per heavy atom. The normalized spacial score (nSPS) is 16.4. The number of hydrogen-bond donors (Lipinski definition) is 1. The molecule has 1 amide bonds. The molecule has 4 rings (SSSR count). The lowest BCUT2D eigenvalue weighted by molar-refractivity contribution is 0.100. The Hall–Kier alpha value is -2.12. The predicted octanol–water partition coefficient (Wildman–Crippen LogP) is 4.31. The number of fused-ring (bicyclic) bond motifs is 1. The Bertz CT molecular complexity index is 931. The third-order valence-corrected chi connectivity index (χ3v) is 6.66. The fourth-order valence-corrected chi connectivity index (χ4v) is 4.94. The van der Waals surface area contributed by atoms with E-state index in [9.17, 15) is 4.79 Å². The lowest BCUT2D eigenvalue weighted by Gasteiger charge is -2.16. The van der Waals surface area contributed by atoms with Crippen LogP contribution in [0.2, 0.25) is 0 Å². The van der Waals surface area contributed by atoms with Crippen LogP contribution in [0.1, 0.15) is 39.7 Å². The summed E-state index contributed by atoms with van der Waals surface area (Å²) in [5, 5.41) is 8.92. The first-order chi connectivity index (χ1) is 12.6. The number of thiophene rings is 1. The average molecular weight is 386 g/mol. The number of aromatic nitrogens is 2. The van der Waals surface area contributed by atoms with E-state index in [1.165, 1.54) is 28.6 Å². The van der Waals surface area contributed by atoms with E-state index in [2.05, 4.69) is 23.2 Å². The van der Waals surface area contributed by atoms with Gasteiger partial charge in [-0.1, -0.05) is 30.8 Å². The lowest BCUT2D eigenvalue weighted by Crippen LogP contribution is -2.10. The van der Waals surface area contributed by atoms with Crippen LogP contribution in [0.5, 0.6) is 0 Å². The zero-order valence-electron chi connectivity index (χ0n) is 14.4. The molecule has 2 aromatic heterocycles. The minimum absolute atomic E-state index is 0.418. The zero-order chi connectivity index (χ0) is 18.1. The van der Waals surface area contributed by atoms with Gasteiger partial charge >= 0.3 is 0 Å². The van der Waals surface area contributed by atoms with E-state index in [-0.39, 0.29) is 0 Å². The summed E-state index contributed by atoms with van der Waals surface area (Å²) < 4.78 is 5.84. The predicted molar refractivity (Wildman–Crippen MR) is 103 cm³/mol. The zero-order valence-corrected chi connectivity index (χ0v) is 16.0. The van der Waals surface area contributed by atoms with E-state index in [1.807, 2.05) is 12.1 Å². The molecule has 0 radical (unpaired) electrons. The van der Waals surface area contributed by atoms with E-state index in [0.29, 0.717) is 22.4 Å². The van der Waals surface area contributed by atoms with Crippen LogP contribution < -0.4 is 5.73 Å². The summed E-state index contributed by atoms with van der Waals surface area (Å²) >= 11 is 3.26. The number of nitrogens with two attached hydrogens (primary N) is 1. The first-order valence-electron chi connectivity index (χ1n) is 8.55. The number of rotatable bonds is 5. The number of carbonyl (C=O) groups excluding carboxylic acids is 1. The molecule has 0 aliphatic heterocycles. The molecule has 1 aliphatic rings. The molecule has 0 bridgehead atoms. The van der Waals surface area contributed by atoms with Crippen LogP contribution >= 0.6 is 23.1 Å². The first kappa shape index (κ1) is 17.3. The smallest absolute Gasteiger partial charge is 0.277 e. The molecule has 1 aliphatic carbocycles. The van der Waals surface area contributed by atoms with Gasteiger partial charge in [0.25, 0.3) is 11.1 Å². The number of primary amides is 1. The van der Waals surface area contributed by atoms with Gasteiger partial charge in [-0.05, 0) is 54.5 Å². The fraction of sp³-hybridized carbons (Fsp3) is 0.316. The van der Waals surface area contributed by atoms with Gasteiger partial charge in [-0.15, -0.1) is 21.5 Å². The van der Waals surface area contributed by atoms with Crippen LogP contribution in [-0.2, 0) is 18.6 Å². The molecule has 1 unspecified atom stereocenters. The van der Waals surface area contributed by atoms with Gasteiger partial charge < -0.3 is 10.2 Å². The number of hydrogen-bond acceptors (Lipinski definition) is 6. The maximum Gasteiger partial charge on any atom is 0.277 e. The van der Waals surface area contributed by atoms with Crippen molar-refractivity contribution in [3.05, 3.63) is 51.9 Å². The van der Waals surface area contributed by atoms with Crippen molar-refractivity contribution in [1.82, 2.24) is 10.2 Å². The number of thioether (sulfide) groups is 1. The van der Waals surface area contributed by atoms with Gasteiger partial charge in [0.1, 0.15) is 0 Å². The Labute approximate surface area is 160 Å². The highest BCUT2D eigenvalue weighted by Crippen LogP contribution is 2.37. The molecule has 0 fully saturated rings. The van der Waals surface area contributed by atoms with Crippen molar-refractivity contribution in [2.75, 3.05) is 0 Å². The van der Waals surface area contributed by atoms with Crippen LogP contribution in [0, 0.1) is 5.92 Å². The second-order valence-corrected chi connectivity index (χ2v) is 8.69. The molecule has 2 heterocycles. The topological polar surface area (TPSA) is 82.0 Å². The molecular formula is C19H19N3O2S2. The molecular weight excluding hydrogens is 366 g/mol. The standard InChI is InChI=1S/C19H19N3O2S2/c1-11-2-7-15-14(8-11)9-16(26-15)18-21-22-19(24-18)25-10-12-3-5-13(6-4-12)17(20)23/h3-6,9,11H,2,7-8,10H2,1H3,(H2,20,23). The number of aryl methyl sites for hydroxylation is 1. The van der Waals surface area contributed by atoms with Crippen molar-refractivity contribution in [3.63, 3.8) is 0 Å². The summed E-state index contributed by atoms with van der Waals surface area (Å²) in [6.45, 7) is 2.30. The van der Waals surface area contributed by atoms with Crippen molar-refractivity contribution in [2.24, 2.45) is 11.7 Å². The summed E-state index contributed by atoms with van der Waals surface area (Å²) in [7, 11) is 0. The van der Waals surface area contributed by atoms with Crippen LogP contribution in [-0.4, -0.2) is 16.1 Å². The van der Waals surface area contributed by atoms with Gasteiger partial charge in [0.05, 0.1) is 4.88 Å². The van der Waals surface area contributed by atoms with Gasteiger partial charge in [0, 0.05) is 16.2 Å². The molecule has 7 heteroatoms. The van der Waals surface area contributed by atoms with Gasteiger partial charge in [0.15, 0.2) is 0 Å². The number of benzene rings is 1. The van der Waals surface area contributed by atoms with E-state index < -0.39 is 5.91 Å². The molecule has 1 aromatic carbocycles. The summed E-state index contributed by atoms with van der Waals surface area (Å²) in [4.78, 5) is 13.6. The molecule has 0 spiro atoms. The largest absolute Gasteiger partial charge is 0.410 e. The highest BCUT2D eigenvalue weighted by Gasteiger charge is 2.21. The summed E-state index contributed by atoms with van der Waals surface area (Å²) in [6, 6.07) is 9.45. The molecule has 3 aromatic rings. The second-order valence-electron chi connectivity index (χ2n) is 6.63. The first-order valence-corrected chi connectivity index (χ1v) is 10.4. The van der Waals surface area contributed by atoms with Crippen molar-refractivity contribution in [2.45, 2.75) is 37.2 Å². The van der Waals surface area contributed by atoms with Crippen molar-refractivity contribution >= 4 is 29.0 Å². The van der Waals surface area contributed by atoms with Crippen molar-refractivity contribution in [1.29, 1.82) is 0 Å². The van der Waals surface area contributed by atoms with Gasteiger partial charge in [-0.2, -0.15) is 0 Å². The summed E-state index contributed by atoms with van der Waals surface area (Å²) in [5.74, 6) is 1.63. The molecule has 1 atom stereocenters. The van der Waals surface area contributed by atoms with Crippen molar-refractivity contribution in [3.8, 4) is 10.8 Å².